The maximum atomic E-state index is 11.8. The molecule has 0 spiro atoms. The molecule has 0 radical (unpaired) electrons. The van der Waals surface area contributed by atoms with Gasteiger partial charge < -0.3 is 10.6 Å². The van der Waals surface area contributed by atoms with Crippen molar-refractivity contribution < 1.29 is 4.79 Å². The normalized spacial score (nSPS) is 21.1. The second-order valence-electron chi connectivity index (χ2n) is 6.24. The van der Waals surface area contributed by atoms with Crippen LogP contribution in [0.5, 0.6) is 0 Å². The zero-order valence-electron chi connectivity index (χ0n) is 11.9. The Morgan fingerprint density at radius 2 is 2.05 bits per heavy atom. The van der Waals surface area contributed by atoms with Gasteiger partial charge in [0, 0.05) is 12.6 Å². The number of benzene rings is 1. The predicted molar refractivity (Wildman–Crippen MR) is 78.1 cm³/mol. The summed E-state index contributed by atoms with van der Waals surface area (Å²) in [5.74, 6) is 0. The number of hydrogen-bond donors (Lipinski definition) is 2. The zero-order chi connectivity index (χ0) is 13.7. The van der Waals surface area contributed by atoms with Crippen LogP contribution in [-0.4, -0.2) is 18.6 Å². The molecule has 1 saturated carbocycles. The number of hydrogen-bond acceptors (Lipinski definition) is 1. The number of carbonyl (C=O) groups is 1. The van der Waals surface area contributed by atoms with Crippen LogP contribution in [0.3, 0.4) is 0 Å². The van der Waals surface area contributed by atoms with E-state index < -0.39 is 0 Å². The van der Waals surface area contributed by atoms with E-state index in [9.17, 15) is 4.79 Å². The Bertz CT molecular complexity index is 414. The highest BCUT2D eigenvalue weighted by Crippen LogP contribution is 2.36. The summed E-state index contributed by atoms with van der Waals surface area (Å²) in [4.78, 5) is 11.8. The first-order chi connectivity index (χ1) is 9.05. The van der Waals surface area contributed by atoms with Gasteiger partial charge in [-0.05, 0) is 36.7 Å². The Morgan fingerprint density at radius 1 is 1.32 bits per heavy atom. The molecule has 104 valence electrons. The first kappa shape index (κ1) is 13.9. The maximum absolute atomic E-state index is 11.8. The van der Waals surface area contributed by atoms with Crippen molar-refractivity contribution in [2.24, 2.45) is 5.41 Å². The van der Waals surface area contributed by atoms with Gasteiger partial charge >= 0.3 is 6.03 Å². The molecule has 2 rings (SSSR count). The van der Waals surface area contributed by atoms with Crippen molar-refractivity contribution in [2.75, 3.05) is 6.54 Å². The summed E-state index contributed by atoms with van der Waals surface area (Å²) in [6.07, 6.45) is 4.25. The van der Waals surface area contributed by atoms with E-state index in [4.69, 9.17) is 0 Å². The molecule has 1 aliphatic rings. The highest BCUT2D eigenvalue weighted by Gasteiger charge is 2.31. The lowest BCUT2D eigenvalue weighted by Crippen LogP contribution is -2.42. The van der Waals surface area contributed by atoms with E-state index in [2.05, 4.69) is 36.6 Å². The maximum Gasteiger partial charge on any atom is 0.315 e. The molecule has 2 amide bonds. The molecule has 3 heteroatoms. The van der Waals surface area contributed by atoms with Gasteiger partial charge in [0.25, 0.3) is 0 Å². The Kier molecular flexibility index (Phi) is 4.46. The largest absolute Gasteiger partial charge is 0.338 e. The predicted octanol–water partition coefficient (Wildman–Crippen LogP) is 3.11. The molecule has 2 N–H and O–H groups in total. The summed E-state index contributed by atoms with van der Waals surface area (Å²) in [5.41, 5.74) is 1.63. The average Bonchev–Trinajstić information content (AvgIpc) is 2.70. The molecule has 1 unspecified atom stereocenters. The van der Waals surface area contributed by atoms with Gasteiger partial charge in [0.2, 0.25) is 0 Å². The van der Waals surface area contributed by atoms with Gasteiger partial charge in [0.15, 0.2) is 0 Å². The van der Waals surface area contributed by atoms with Crippen LogP contribution in [0.4, 0.5) is 4.79 Å². The van der Waals surface area contributed by atoms with Gasteiger partial charge in [-0.25, -0.2) is 4.79 Å². The minimum Gasteiger partial charge on any atom is -0.338 e. The minimum atomic E-state index is -0.0290. The van der Waals surface area contributed by atoms with Crippen LogP contribution in [0, 0.1) is 5.41 Å². The van der Waals surface area contributed by atoms with Crippen molar-refractivity contribution in [3.8, 4) is 0 Å². The van der Waals surface area contributed by atoms with Gasteiger partial charge in [-0.15, -0.1) is 0 Å². The molecule has 0 aliphatic heterocycles. The van der Waals surface area contributed by atoms with Crippen molar-refractivity contribution in [2.45, 2.75) is 45.6 Å². The van der Waals surface area contributed by atoms with Crippen molar-refractivity contribution >= 4 is 6.03 Å². The lowest BCUT2D eigenvalue weighted by molar-refractivity contribution is 0.236. The summed E-state index contributed by atoms with van der Waals surface area (Å²) >= 11 is 0. The fraction of sp³-hybridized carbons (Fsp3) is 0.562. The summed E-state index contributed by atoms with van der Waals surface area (Å²) in [6, 6.07) is 10.5. The number of nitrogens with one attached hydrogen (secondary N) is 2. The smallest absolute Gasteiger partial charge is 0.315 e. The molecule has 1 aromatic carbocycles. The van der Waals surface area contributed by atoms with Crippen LogP contribution >= 0.6 is 0 Å². The van der Waals surface area contributed by atoms with E-state index in [0.717, 1.165) is 19.3 Å². The fourth-order valence-corrected chi connectivity index (χ4v) is 2.76. The Hall–Kier alpha value is -1.51. The van der Waals surface area contributed by atoms with Gasteiger partial charge in [0.1, 0.15) is 0 Å². The molecule has 1 fully saturated rings. The first-order valence-electron chi connectivity index (χ1n) is 7.13. The third-order valence-electron chi connectivity index (χ3n) is 3.85. The monoisotopic (exact) mass is 260 g/mol. The van der Waals surface area contributed by atoms with E-state index in [-0.39, 0.29) is 6.03 Å². The molecule has 0 aromatic heterocycles. The number of amides is 2. The van der Waals surface area contributed by atoms with E-state index in [1.54, 1.807) is 0 Å². The molecule has 1 aliphatic carbocycles. The number of carbonyl (C=O) groups excluding carboxylic acids is 1. The van der Waals surface area contributed by atoms with Crippen LogP contribution in [0.1, 0.15) is 38.7 Å². The number of rotatable bonds is 4. The van der Waals surface area contributed by atoms with Crippen LogP contribution in [0.25, 0.3) is 0 Å². The number of urea groups is 1. The zero-order valence-corrected chi connectivity index (χ0v) is 11.9. The molecule has 0 saturated heterocycles. The molecule has 0 bridgehead atoms. The van der Waals surface area contributed by atoms with Crippen molar-refractivity contribution in [3.05, 3.63) is 35.9 Å². The summed E-state index contributed by atoms with van der Waals surface area (Å²) < 4.78 is 0. The fourth-order valence-electron chi connectivity index (χ4n) is 2.76. The summed E-state index contributed by atoms with van der Waals surface area (Å²) in [5, 5.41) is 6.01. The third kappa shape index (κ3) is 4.58. The Balaban J connectivity index is 1.65. The van der Waals surface area contributed by atoms with E-state index in [1.807, 2.05) is 18.2 Å². The lowest BCUT2D eigenvalue weighted by Gasteiger charge is -2.18. The Morgan fingerprint density at radius 3 is 2.68 bits per heavy atom. The molecule has 0 heterocycles. The average molecular weight is 260 g/mol. The highest BCUT2D eigenvalue weighted by molar-refractivity contribution is 5.74. The topological polar surface area (TPSA) is 41.1 Å². The van der Waals surface area contributed by atoms with Crippen molar-refractivity contribution in [1.82, 2.24) is 10.6 Å². The highest BCUT2D eigenvalue weighted by atomic mass is 16.2. The molecule has 19 heavy (non-hydrogen) atoms. The van der Waals surface area contributed by atoms with E-state index in [0.29, 0.717) is 18.0 Å². The van der Waals surface area contributed by atoms with Crippen LogP contribution < -0.4 is 10.6 Å². The molecule has 1 aromatic rings. The van der Waals surface area contributed by atoms with Gasteiger partial charge in [-0.1, -0.05) is 44.2 Å². The van der Waals surface area contributed by atoms with E-state index in [1.165, 1.54) is 12.0 Å². The molecular weight excluding hydrogens is 236 g/mol. The molecule has 1 atom stereocenters. The summed E-state index contributed by atoms with van der Waals surface area (Å²) in [6.45, 7) is 5.22. The van der Waals surface area contributed by atoms with Gasteiger partial charge in [0.05, 0.1) is 0 Å². The van der Waals surface area contributed by atoms with Gasteiger partial charge in [-0.2, -0.15) is 0 Å². The quantitative estimate of drug-likeness (QED) is 0.858. The summed E-state index contributed by atoms with van der Waals surface area (Å²) in [7, 11) is 0. The van der Waals surface area contributed by atoms with Crippen LogP contribution in [0.15, 0.2) is 30.3 Å². The standard InChI is InChI=1S/C16H24N2O/c1-16(2)10-8-14(12-16)18-15(19)17-11-9-13-6-4-3-5-7-13/h3-7,14H,8-12H2,1-2H3,(H2,17,18,19). The van der Waals surface area contributed by atoms with Crippen LogP contribution in [0.2, 0.25) is 0 Å². The SMILES string of the molecule is CC1(C)CCC(NC(=O)NCCc2ccccc2)C1. The van der Waals surface area contributed by atoms with Crippen molar-refractivity contribution in [1.29, 1.82) is 0 Å². The van der Waals surface area contributed by atoms with E-state index >= 15 is 0 Å². The second kappa shape index (κ2) is 6.09. The third-order valence-corrected chi connectivity index (χ3v) is 3.85. The first-order valence-corrected chi connectivity index (χ1v) is 7.13. The Labute approximate surface area is 115 Å². The molecular formula is C16H24N2O. The second-order valence-corrected chi connectivity index (χ2v) is 6.24. The van der Waals surface area contributed by atoms with Gasteiger partial charge in [-0.3, -0.25) is 0 Å². The minimum absolute atomic E-state index is 0.0290. The van der Waals surface area contributed by atoms with Crippen LogP contribution in [-0.2, 0) is 6.42 Å². The van der Waals surface area contributed by atoms with Crippen molar-refractivity contribution in [3.63, 3.8) is 0 Å². The molecule has 3 nitrogen and oxygen atoms in total. The lowest BCUT2D eigenvalue weighted by atomic mass is 9.92.